The summed E-state index contributed by atoms with van der Waals surface area (Å²) in [7, 11) is 0. The van der Waals surface area contributed by atoms with E-state index in [0.717, 1.165) is 17.5 Å². The monoisotopic (exact) mass is 338 g/mol. The average Bonchev–Trinajstić information content (AvgIpc) is 3.04. The number of esters is 1. The molecule has 5 heteroatoms. The molecule has 128 valence electrons. The summed E-state index contributed by atoms with van der Waals surface area (Å²) >= 11 is 0. The summed E-state index contributed by atoms with van der Waals surface area (Å²) in [5.41, 5.74) is 5.27. The van der Waals surface area contributed by atoms with Crippen LogP contribution in [-0.2, 0) is 25.4 Å². The molecule has 0 radical (unpaired) electrons. The smallest absolute Gasteiger partial charge is 0.338 e. The number of benzene rings is 2. The maximum atomic E-state index is 12.4. The number of hydrogen-bond donors (Lipinski definition) is 0. The molecule has 0 bridgehead atoms. The number of carbonyl (C=O) groups is 2. The zero-order chi connectivity index (χ0) is 17.2. The second-order valence-corrected chi connectivity index (χ2v) is 6.17. The van der Waals surface area contributed by atoms with E-state index in [1.807, 2.05) is 24.3 Å². The van der Waals surface area contributed by atoms with Crippen molar-refractivity contribution in [3.8, 4) is 11.1 Å². The van der Waals surface area contributed by atoms with Gasteiger partial charge in [-0.05, 0) is 34.7 Å². The molecular weight excluding hydrogens is 320 g/mol. The highest BCUT2D eigenvalue weighted by Gasteiger charge is 2.25. The van der Waals surface area contributed by atoms with Crippen LogP contribution in [0.4, 0.5) is 0 Å². The molecule has 0 N–H and O–H groups in total. The zero-order valence-corrected chi connectivity index (χ0v) is 13.7. The SMILES string of the molecule is O=C(COC(=O)C1COCCO1)c1ccc2c(c1)-c1ccccc1C2. The first-order valence-electron chi connectivity index (χ1n) is 8.33. The summed E-state index contributed by atoms with van der Waals surface area (Å²) < 4.78 is 15.5. The van der Waals surface area contributed by atoms with Gasteiger partial charge in [0.15, 0.2) is 18.5 Å². The molecule has 1 fully saturated rings. The van der Waals surface area contributed by atoms with Crippen LogP contribution in [0.3, 0.4) is 0 Å². The average molecular weight is 338 g/mol. The number of Topliss-reactive ketones (excluding diaryl/α,β-unsaturated/α-hetero) is 1. The summed E-state index contributed by atoms with van der Waals surface area (Å²) in [6, 6.07) is 13.8. The van der Waals surface area contributed by atoms with Crippen LogP contribution < -0.4 is 0 Å². The molecule has 0 amide bonds. The molecule has 1 heterocycles. The molecule has 0 aromatic heterocycles. The summed E-state index contributed by atoms with van der Waals surface area (Å²) in [5, 5.41) is 0. The molecule has 0 spiro atoms. The Labute approximate surface area is 145 Å². The number of fused-ring (bicyclic) bond motifs is 3. The van der Waals surface area contributed by atoms with Crippen molar-refractivity contribution >= 4 is 11.8 Å². The maximum absolute atomic E-state index is 12.4. The van der Waals surface area contributed by atoms with Gasteiger partial charge in [0, 0.05) is 5.56 Å². The third-order valence-corrected chi connectivity index (χ3v) is 4.54. The van der Waals surface area contributed by atoms with Gasteiger partial charge in [0.2, 0.25) is 0 Å². The van der Waals surface area contributed by atoms with E-state index >= 15 is 0 Å². The summed E-state index contributed by atoms with van der Waals surface area (Å²) in [4.78, 5) is 24.3. The van der Waals surface area contributed by atoms with Crippen molar-refractivity contribution in [3.63, 3.8) is 0 Å². The molecule has 25 heavy (non-hydrogen) atoms. The van der Waals surface area contributed by atoms with Gasteiger partial charge in [0.05, 0.1) is 19.8 Å². The summed E-state index contributed by atoms with van der Waals surface area (Å²) in [5.74, 6) is -0.781. The molecular formula is C20H18O5. The highest BCUT2D eigenvalue weighted by atomic mass is 16.6. The molecule has 1 saturated heterocycles. The fourth-order valence-electron chi connectivity index (χ4n) is 3.23. The summed E-state index contributed by atoms with van der Waals surface area (Å²) in [6.45, 7) is 0.707. The van der Waals surface area contributed by atoms with Crippen LogP contribution >= 0.6 is 0 Å². The lowest BCUT2D eigenvalue weighted by Gasteiger charge is -2.21. The Bertz CT molecular complexity index is 821. The number of carbonyl (C=O) groups excluding carboxylic acids is 2. The van der Waals surface area contributed by atoms with E-state index in [-0.39, 0.29) is 19.0 Å². The van der Waals surface area contributed by atoms with Crippen LogP contribution in [0.1, 0.15) is 21.5 Å². The van der Waals surface area contributed by atoms with Gasteiger partial charge in [-0.15, -0.1) is 0 Å². The number of hydrogen-bond acceptors (Lipinski definition) is 5. The molecule has 2 aromatic carbocycles. The Morgan fingerprint density at radius 2 is 1.88 bits per heavy atom. The molecule has 1 aliphatic heterocycles. The summed E-state index contributed by atoms with van der Waals surface area (Å²) in [6.07, 6.45) is 0.141. The van der Waals surface area contributed by atoms with Gasteiger partial charge in [0.25, 0.3) is 0 Å². The van der Waals surface area contributed by atoms with Crippen molar-refractivity contribution < 1.29 is 23.8 Å². The van der Waals surface area contributed by atoms with Crippen molar-refractivity contribution in [3.05, 3.63) is 59.2 Å². The van der Waals surface area contributed by atoms with Crippen LogP contribution in [0.5, 0.6) is 0 Å². The van der Waals surface area contributed by atoms with E-state index < -0.39 is 12.1 Å². The molecule has 0 saturated carbocycles. The molecule has 1 atom stereocenters. The van der Waals surface area contributed by atoms with Crippen LogP contribution in [-0.4, -0.2) is 44.3 Å². The minimum Gasteiger partial charge on any atom is -0.455 e. The van der Waals surface area contributed by atoms with E-state index in [2.05, 4.69) is 12.1 Å². The first-order chi connectivity index (χ1) is 12.2. The lowest BCUT2D eigenvalue weighted by molar-refractivity contribution is -0.169. The van der Waals surface area contributed by atoms with Gasteiger partial charge in [-0.3, -0.25) is 4.79 Å². The van der Waals surface area contributed by atoms with E-state index in [9.17, 15) is 9.59 Å². The van der Waals surface area contributed by atoms with E-state index in [0.29, 0.717) is 18.8 Å². The Morgan fingerprint density at radius 3 is 2.72 bits per heavy atom. The van der Waals surface area contributed by atoms with Crippen molar-refractivity contribution in [2.45, 2.75) is 12.5 Å². The van der Waals surface area contributed by atoms with E-state index in [1.165, 1.54) is 11.1 Å². The lowest BCUT2D eigenvalue weighted by atomic mass is 10.0. The number of ether oxygens (including phenoxy) is 3. The molecule has 1 unspecified atom stereocenters. The second-order valence-electron chi connectivity index (χ2n) is 6.17. The van der Waals surface area contributed by atoms with Gasteiger partial charge in [-0.2, -0.15) is 0 Å². The minimum atomic E-state index is -0.742. The highest BCUT2D eigenvalue weighted by molar-refractivity contribution is 5.99. The fraction of sp³-hybridized carbons (Fsp3) is 0.300. The van der Waals surface area contributed by atoms with Gasteiger partial charge in [0.1, 0.15) is 0 Å². The molecule has 2 aliphatic rings. The van der Waals surface area contributed by atoms with Gasteiger partial charge >= 0.3 is 5.97 Å². The van der Waals surface area contributed by atoms with Crippen molar-refractivity contribution in [1.29, 1.82) is 0 Å². The quantitative estimate of drug-likeness (QED) is 0.540. The number of ketones is 1. The third-order valence-electron chi connectivity index (χ3n) is 4.54. The van der Waals surface area contributed by atoms with Gasteiger partial charge < -0.3 is 14.2 Å². The molecule has 4 rings (SSSR count). The van der Waals surface area contributed by atoms with Crippen LogP contribution in [0.2, 0.25) is 0 Å². The Kier molecular flexibility index (Phi) is 4.34. The van der Waals surface area contributed by atoms with E-state index in [4.69, 9.17) is 14.2 Å². The number of rotatable bonds is 4. The highest BCUT2D eigenvalue weighted by Crippen LogP contribution is 2.36. The topological polar surface area (TPSA) is 61.8 Å². The van der Waals surface area contributed by atoms with Crippen LogP contribution in [0.15, 0.2) is 42.5 Å². The van der Waals surface area contributed by atoms with Crippen molar-refractivity contribution in [1.82, 2.24) is 0 Å². The van der Waals surface area contributed by atoms with Crippen LogP contribution in [0, 0.1) is 0 Å². The fourth-order valence-corrected chi connectivity index (χ4v) is 3.23. The first-order valence-corrected chi connectivity index (χ1v) is 8.33. The lowest BCUT2D eigenvalue weighted by Crippen LogP contribution is -2.37. The molecule has 5 nitrogen and oxygen atoms in total. The molecule has 2 aromatic rings. The standard InChI is InChI=1S/C20H18O5/c21-18(11-25-20(22)19-12-23-7-8-24-19)15-6-5-14-9-13-3-1-2-4-16(13)17(14)10-15/h1-6,10,19H,7-9,11-12H2. The Hall–Kier alpha value is -2.50. The normalized spacial score (nSPS) is 18.3. The zero-order valence-electron chi connectivity index (χ0n) is 13.7. The maximum Gasteiger partial charge on any atom is 0.338 e. The minimum absolute atomic E-state index is 0.169. The first kappa shape index (κ1) is 16.0. The van der Waals surface area contributed by atoms with Crippen molar-refractivity contribution in [2.75, 3.05) is 26.4 Å². The predicted molar refractivity (Wildman–Crippen MR) is 90.5 cm³/mol. The van der Waals surface area contributed by atoms with E-state index in [1.54, 1.807) is 6.07 Å². The molecule has 1 aliphatic carbocycles. The van der Waals surface area contributed by atoms with Crippen molar-refractivity contribution in [2.24, 2.45) is 0 Å². The van der Waals surface area contributed by atoms with Gasteiger partial charge in [-0.25, -0.2) is 4.79 Å². The largest absolute Gasteiger partial charge is 0.455 e. The third kappa shape index (κ3) is 3.21. The Balaban J connectivity index is 1.44. The predicted octanol–water partition coefficient (Wildman–Crippen LogP) is 2.40. The van der Waals surface area contributed by atoms with Crippen LogP contribution in [0.25, 0.3) is 11.1 Å². The second kappa shape index (κ2) is 6.78. The Morgan fingerprint density at radius 1 is 1.04 bits per heavy atom. The van der Waals surface area contributed by atoms with Gasteiger partial charge in [-0.1, -0.05) is 36.4 Å².